The molecule has 2 aliphatic heterocycles. The maximum atomic E-state index is 5.46. The number of fused-ring (bicyclic) bond motifs is 1. The minimum absolute atomic E-state index is 0.315. The Morgan fingerprint density at radius 2 is 2.22 bits per heavy atom. The molecule has 0 aliphatic carbocycles. The first-order chi connectivity index (χ1) is 13.2. The first-order valence-corrected chi connectivity index (χ1v) is 9.56. The van der Waals surface area contributed by atoms with Crippen LogP contribution in [0.3, 0.4) is 0 Å². The summed E-state index contributed by atoms with van der Waals surface area (Å²) in [5.41, 5.74) is 1.23. The van der Waals surface area contributed by atoms with Crippen LogP contribution in [0.25, 0.3) is 0 Å². The molecule has 2 atom stereocenters. The summed E-state index contributed by atoms with van der Waals surface area (Å²) in [6.07, 6.45) is 7.88. The molecule has 0 bridgehead atoms. The molecular formula is C20H27N5O2. The van der Waals surface area contributed by atoms with Gasteiger partial charge in [-0.3, -0.25) is 4.99 Å². The predicted molar refractivity (Wildman–Crippen MR) is 104 cm³/mol. The Kier molecular flexibility index (Phi) is 5.18. The largest absolute Gasteiger partial charge is 0.454 e. The maximum Gasteiger partial charge on any atom is 0.231 e. The second-order valence-corrected chi connectivity index (χ2v) is 7.20. The second kappa shape index (κ2) is 7.90. The maximum absolute atomic E-state index is 5.46. The fourth-order valence-electron chi connectivity index (χ4n) is 3.84. The van der Waals surface area contributed by atoms with Crippen LogP contribution >= 0.6 is 0 Å². The predicted octanol–water partition coefficient (Wildman–Crippen LogP) is 2.31. The minimum atomic E-state index is 0.315. The Morgan fingerprint density at radius 3 is 3.04 bits per heavy atom. The molecule has 2 aromatic rings. The van der Waals surface area contributed by atoms with E-state index in [0.29, 0.717) is 18.8 Å². The summed E-state index contributed by atoms with van der Waals surface area (Å²) in [6, 6.07) is 6.56. The fraction of sp³-hybridized carbons (Fsp3) is 0.500. The van der Waals surface area contributed by atoms with Crippen molar-refractivity contribution < 1.29 is 9.47 Å². The zero-order valence-corrected chi connectivity index (χ0v) is 16.0. The summed E-state index contributed by atoms with van der Waals surface area (Å²) >= 11 is 0. The third-order valence-corrected chi connectivity index (χ3v) is 5.47. The Labute approximate surface area is 160 Å². The van der Waals surface area contributed by atoms with Crippen LogP contribution in [-0.2, 0) is 6.42 Å². The van der Waals surface area contributed by atoms with Crippen LogP contribution in [0.4, 0.5) is 0 Å². The highest BCUT2D eigenvalue weighted by Gasteiger charge is 2.28. The highest BCUT2D eigenvalue weighted by molar-refractivity contribution is 5.80. The summed E-state index contributed by atoms with van der Waals surface area (Å²) < 4.78 is 13.0. The molecule has 2 unspecified atom stereocenters. The smallest absolute Gasteiger partial charge is 0.231 e. The van der Waals surface area contributed by atoms with Crippen molar-refractivity contribution in [1.29, 1.82) is 0 Å². The van der Waals surface area contributed by atoms with Crippen molar-refractivity contribution in [3.63, 3.8) is 0 Å². The van der Waals surface area contributed by atoms with Crippen molar-refractivity contribution >= 4 is 5.96 Å². The highest BCUT2D eigenvalue weighted by atomic mass is 16.7. The number of piperidine rings is 1. The Balaban J connectivity index is 1.34. The summed E-state index contributed by atoms with van der Waals surface area (Å²) in [5.74, 6) is 3.26. The number of benzene rings is 1. The molecule has 1 saturated heterocycles. The number of guanidine groups is 1. The van der Waals surface area contributed by atoms with E-state index in [9.17, 15) is 0 Å². The summed E-state index contributed by atoms with van der Waals surface area (Å²) in [4.78, 5) is 11.1. The number of nitrogens with zero attached hydrogens (tertiary/aromatic N) is 4. The van der Waals surface area contributed by atoms with E-state index in [1.54, 1.807) is 0 Å². The molecular weight excluding hydrogens is 342 g/mol. The van der Waals surface area contributed by atoms with E-state index < -0.39 is 0 Å². The molecule has 0 saturated carbocycles. The minimum Gasteiger partial charge on any atom is -0.454 e. The number of ether oxygens (including phenoxy) is 2. The number of imidazole rings is 1. The molecule has 0 amide bonds. The van der Waals surface area contributed by atoms with Gasteiger partial charge >= 0.3 is 0 Å². The van der Waals surface area contributed by atoms with Gasteiger partial charge in [0.25, 0.3) is 0 Å². The average molecular weight is 369 g/mol. The van der Waals surface area contributed by atoms with Gasteiger partial charge in [0, 0.05) is 39.1 Å². The molecule has 2 aliphatic rings. The van der Waals surface area contributed by atoms with Gasteiger partial charge in [0.05, 0.1) is 12.4 Å². The van der Waals surface area contributed by atoms with Gasteiger partial charge in [-0.2, -0.15) is 0 Å². The monoisotopic (exact) mass is 369 g/mol. The topological polar surface area (TPSA) is 63.9 Å². The van der Waals surface area contributed by atoms with Gasteiger partial charge in [0.15, 0.2) is 17.5 Å². The zero-order valence-electron chi connectivity index (χ0n) is 16.0. The normalized spacial score (nSPS) is 22.1. The molecule has 1 aromatic heterocycles. The van der Waals surface area contributed by atoms with Crippen molar-refractivity contribution in [2.45, 2.75) is 25.8 Å². The van der Waals surface area contributed by atoms with Crippen LogP contribution in [0.5, 0.6) is 11.5 Å². The van der Waals surface area contributed by atoms with E-state index in [-0.39, 0.29) is 0 Å². The van der Waals surface area contributed by atoms with E-state index in [1.165, 1.54) is 5.56 Å². The van der Waals surface area contributed by atoms with E-state index in [2.05, 4.69) is 50.0 Å². The molecule has 1 aromatic carbocycles. The van der Waals surface area contributed by atoms with Crippen LogP contribution in [0.2, 0.25) is 0 Å². The summed E-state index contributed by atoms with van der Waals surface area (Å²) in [5, 5.41) is 3.51. The van der Waals surface area contributed by atoms with Crippen molar-refractivity contribution in [2.24, 2.45) is 10.9 Å². The highest BCUT2D eigenvalue weighted by Crippen LogP contribution is 2.32. The zero-order chi connectivity index (χ0) is 18.6. The van der Waals surface area contributed by atoms with Crippen LogP contribution in [0.1, 0.15) is 24.9 Å². The average Bonchev–Trinajstić information content (AvgIpc) is 3.37. The second-order valence-electron chi connectivity index (χ2n) is 7.20. The molecule has 3 heterocycles. The lowest BCUT2D eigenvalue weighted by Gasteiger charge is -2.39. The van der Waals surface area contributed by atoms with Gasteiger partial charge in [0.2, 0.25) is 6.79 Å². The molecule has 1 fully saturated rings. The number of aliphatic imine (C=N–C) groups is 1. The summed E-state index contributed by atoms with van der Waals surface area (Å²) in [7, 11) is 1.85. The number of hydrogen-bond acceptors (Lipinski definition) is 4. The fourth-order valence-corrected chi connectivity index (χ4v) is 3.84. The number of likely N-dealkylation sites (tertiary alicyclic amines) is 1. The standard InChI is InChI=1S/C20H27N5O2/c1-15-6-9-24(12-17(15)25-10-8-22-13-25)20(21-2)23-7-5-16-3-4-18-19(11-16)27-14-26-18/h3-4,8,10-11,13,15,17H,5-7,9,12,14H2,1-2H3,(H,21,23). The Bertz CT molecular complexity index is 790. The lowest BCUT2D eigenvalue weighted by molar-refractivity contribution is 0.174. The van der Waals surface area contributed by atoms with Crippen LogP contribution in [0, 0.1) is 5.92 Å². The molecule has 0 spiro atoms. The van der Waals surface area contributed by atoms with Gasteiger partial charge in [-0.25, -0.2) is 4.98 Å². The van der Waals surface area contributed by atoms with E-state index >= 15 is 0 Å². The first kappa shape index (κ1) is 17.7. The van der Waals surface area contributed by atoms with Crippen molar-refractivity contribution in [3.05, 3.63) is 42.5 Å². The molecule has 144 valence electrons. The van der Waals surface area contributed by atoms with Crippen molar-refractivity contribution in [3.8, 4) is 11.5 Å². The Morgan fingerprint density at radius 1 is 1.33 bits per heavy atom. The lowest BCUT2D eigenvalue weighted by Crippen LogP contribution is -2.49. The van der Waals surface area contributed by atoms with Crippen molar-refractivity contribution in [2.75, 3.05) is 33.5 Å². The number of aromatic nitrogens is 2. The number of hydrogen-bond donors (Lipinski definition) is 1. The van der Waals surface area contributed by atoms with E-state index in [4.69, 9.17) is 9.47 Å². The van der Waals surface area contributed by atoms with Crippen LogP contribution < -0.4 is 14.8 Å². The van der Waals surface area contributed by atoms with Crippen LogP contribution in [0.15, 0.2) is 41.9 Å². The lowest BCUT2D eigenvalue weighted by atomic mass is 9.93. The van der Waals surface area contributed by atoms with Gasteiger partial charge < -0.3 is 24.3 Å². The van der Waals surface area contributed by atoms with Crippen molar-refractivity contribution in [1.82, 2.24) is 19.8 Å². The molecule has 0 radical (unpaired) electrons. The molecule has 1 N–H and O–H groups in total. The number of nitrogens with one attached hydrogen (secondary N) is 1. The Hall–Kier alpha value is -2.70. The van der Waals surface area contributed by atoms with Gasteiger partial charge in [-0.1, -0.05) is 13.0 Å². The third kappa shape index (κ3) is 3.86. The number of rotatable bonds is 4. The first-order valence-electron chi connectivity index (χ1n) is 9.56. The van der Waals surface area contributed by atoms with E-state index in [1.807, 2.05) is 25.6 Å². The molecule has 4 rings (SSSR count). The van der Waals surface area contributed by atoms with Crippen LogP contribution in [-0.4, -0.2) is 53.9 Å². The SMILES string of the molecule is CN=C(NCCc1ccc2c(c1)OCO2)N1CCC(C)C(n2ccnc2)C1. The van der Waals surface area contributed by atoms with Gasteiger partial charge in [-0.05, 0) is 36.5 Å². The van der Waals surface area contributed by atoms with Gasteiger partial charge in [0.1, 0.15) is 0 Å². The third-order valence-electron chi connectivity index (χ3n) is 5.47. The van der Waals surface area contributed by atoms with Gasteiger partial charge in [-0.15, -0.1) is 0 Å². The molecule has 7 nitrogen and oxygen atoms in total. The quantitative estimate of drug-likeness (QED) is 0.662. The molecule has 27 heavy (non-hydrogen) atoms. The van der Waals surface area contributed by atoms with E-state index in [0.717, 1.165) is 49.9 Å². The summed E-state index contributed by atoms with van der Waals surface area (Å²) in [6.45, 7) is 5.43. The molecule has 7 heteroatoms.